The molecule has 1 heterocycles. The van der Waals surface area contributed by atoms with Gasteiger partial charge >= 0.3 is 6.18 Å². The van der Waals surface area contributed by atoms with Crippen molar-refractivity contribution in [2.24, 2.45) is 0 Å². The molecule has 3 N–H and O–H groups in total. The molecule has 1 atom stereocenters. The summed E-state index contributed by atoms with van der Waals surface area (Å²) in [6.45, 7) is -0.0563. The molecule has 0 radical (unpaired) electrons. The lowest BCUT2D eigenvalue weighted by Gasteiger charge is -2.23. The molecule has 24 heavy (non-hydrogen) atoms. The Labute approximate surface area is 137 Å². The lowest BCUT2D eigenvalue weighted by atomic mass is 10.1. The van der Waals surface area contributed by atoms with E-state index in [-0.39, 0.29) is 16.5 Å². The van der Waals surface area contributed by atoms with Crippen molar-refractivity contribution < 1.29 is 26.4 Å². The van der Waals surface area contributed by atoms with E-state index in [4.69, 9.17) is 0 Å². The maximum Gasteiger partial charge on any atom is 0.405 e. The summed E-state index contributed by atoms with van der Waals surface area (Å²) in [7, 11) is -3.74. The van der Waals surface area contributed by atoms with Crippen molar-refractivity contribution in [1.29, 1.82) is 0 Å². The van der Waals surface area contributed by atoms with Gasteiger partial charge < -0.3 is 10.6 Å². The fraction of sp³-hybridized carbons (Fsp3) is 0.500. The Hall–Kier alpha value is -1.65. The number of sulfonamides is 1. The van der Waals surface area contributed by atoms with E-state index < -0.39 is 28.7 Å². The van der Waals surface area contributed by atoms with Crippen molar-refractivity contribution in [3.8, 4) is 0 Å². The maximum atomic E-state index is 12.3. The summed E-state index contributed by atoms with van der Waals surface area (Å²) in [6.07, 6.45) is -2.91. The second-order valence-electron chi connectivity index (χ2n) is 5.49. The number of alkyl halides is 3. The van der Waals surface area contributed by atoms with Gasteiger partial charge in [0.25, 0.3) is 5.91 Å². The summed E-state index contributed by atoms with van der Waals surface area (Å²) in [5, 5.41) is 4.81. The number of carbonyl (C=O) groups is 1. The minimum absolute atomic E-state index is 0.0413. The van der Waals surface area contributed by atoms with Gasteiger partial charge in [-0.25, -0.2) is 13.1 Å². The molecule has 134 valence electrons. The molecule has 1 fully saturated rings. The fourth-order valence-corrected chi connectivity index (χ4v) is 3.58. The molecule has 1 aliphatic rings. The molecule has 1 saturated heterocycles. The zero-order valence-electron chi connectivity index (χ0n) is 12.7. The van der Waals surface area contributed by atoms with Crippen molar-refractivity contribution in [1.82, 2.24) is 15.4 Å². The van der Waals surface area contributed by atoms with Crippen molar-refractivity contribution in [3.05, 3.63) is 29.8 Å². The zero-order chi connectivity index (χ0) is 17.8. The van der Waals surface area contributed by atoms with Crippen LogP contribution in [0, 0.1) is 0 Å². The molecule has 0 spiro atoms. The van der Waals surface area contributed by atoms with Gasteiger partial charge in [-0.3, -0.25) is 4.79 Å². The monoisotopic (exact) mass is 365 g/mol. The molecule has 0 aliphatic carbocycles. The molecule has 6 nitrogen and oxygen atoms in total. The molecule has 1 aromatic rings. The van der Waals surface area contributed by atoms with Crippen LogP contribution in [0.2, 0.25) is 0 Å². The Morgan fingerprint density at radius 2 is 1.92 bits per heavy atom. The van der Waals surface area contributed by atoms with Gasteiger partial charge in [-0.2, -0.15) is 13.2 Å². The number of rotatable bonds is 5. The quantitative estimate of drug-likeness (QED) is 0.727. The van der Waals surface area contributed by atoms with E-state index in [1.165, 1.54) is 24.3 Å². The van der Waals surface area contributed by atoms with Crippen LogP contribution in [0.3, 0.4) is 0 Å². The number of amides is 1. The summed E-state index contributed by atoms with van der Waals surface area (Å²) in [5.74, 6) is -0.916. The van der Waals surface area contributed by atoms with Crippen molar-refractivity contribution in [3.63, 3.8) is 0 Å². The lowest BCUT2D eigenvalue weighted by Crippen LogP contribution is -2.45. The largest absolute Gasteiger partial charge is 0.405 e. The third kappa shape index (κ3) is 5.46. The highest BCUT2D eigenvalue weighted by molar-refractivity contribution is 7.89. The van der Waals surface area contributed by atoms with Crippen LogP contribution in [0.5, 0.6) is 0 Å². The number of hydrogen-bond donors (Lipinski definition) is 3. The molecule has 1 unspecified atom stereocenters. The highest BCUT2D eigenvalue weighted by Gasteiger charge is 2.28. The number of piperidine rings is 1. The van der Waals surface area contributed by atoms with Gasteiger partial charge in [0.05, 0.1) is 4.90 Å². The number of halogens is 3. The Morgan fingerprint density at radius 1 is 1.25 bits per heavy atom. The lowest BCUT2D eigenvalue weighted by molar-refractivity contribution is -0.123. The van der Waals surface area contributed by atoms with Gasteiger partial charge in [0.1, 0.15) is 6.54 Å². The molecular formula is C14H18F3N3O3S. The Kier molecular flexibility index (Phi) is 5.83. The first kappa shape index (κ1) is 18.7. The molecule has 1 aliphatic heterocycles. The normalized spacial score (nSPS) is 19.0. The van der Waals surface area contributed by atoms with Crippen molar-refractivity contribution in [2.75, 3.05) is 19.6 Å². The highest BCUT2D eigenvalue weighted by Crippen LogP contribution is 2.15. The summed E-state index contributed by atoms with van der Waals surface area (Å²) in [6, 6.07) is 4.54. The van der Waals surface area contributed by atoms with E-state index in [0.29, 0.717) is 6.54 Å². The van der Waals surface area contributed by atoms with Crippen LogP contribution < -0.4 is 15.4 Å². The van der Waals surface area contributed by atoms with E-state index in [1.54, 1.807) is 5.32 Å². The van der Waals surface area contributed by atoms with E-state index in [9.17, 15) is 26.4 Å². The molecule has 0 saturated carbocycles. The van der Waals surface area contributed by atoms with E-state index in [0.717, 1.165) is 19.4 Å². The van der Waals surface area contributed by atoms with Crippen LogP contribution >= 0.6 is 0 Å². The molecule has 2 rings (SSSR count). The SMILES string of the molecule is O=C(NCC(F)(F)F)c1ccc(S(=O)(=O)NC2CCCNC2)cc1. The van der Waals surface area contributed by atoms with Gasteiger partial charge in [0.2, 0.25) is 10.0 Å². The third-order valence-corrected chi connectivity index (χ3v) is 5.03. The van der Waals surface area contributed by atoms with Crippen LogP contribution in [0.15, 0.2) is 29.2 Å². The molecular weight excluding hydrogens is 347 g/mol. The molecule has 10 heteroatoms. The van der Waals surface area contributed by atoms with Gasteiger partial charge in [-0.1, -0.05) is 0 Å². The van der Waals surface area contributed by atoms with E-state index in [2.05, 4.69) is 10.0 Å². The molecule has 0 aromatic heterocycles. The first-order valence-electron chi connectivity index (χ1n) is 7.35. The average molecular weight is 365 g/mol. The number of nitrogens with one attached hydrogen (secondary N) is 3. The Bertz CT molecular complexity index is 669. The first-order valence-corrected chi connectivity index (χ1v) is 8.84. The molecule has 1 amide bonds. The van der Waals surface area contributed by atoms with Crippen LogP contribution in [0.1, 0.15) is 23.2 Å². The molecule has 1 aromatic carbocycles. The summed E-state index contributed by atoms with van der Waals surface area (Å²) in [4.78, 5) is 11.5. The maximum absolute atomic E-state index is 12.3. The number of hydrogen-bond acceptors (Lipinski definition) is 4. The topological polar surface area (TPSA) is 87.3 Å². The van der Waals surface area contributed by atoms with E-state index >= 15 is 0 Å². The van der Waals surface area contributed by atoms with Crippen LogP contribution in [-0.2, 0) is 10.0 Å². The van der Waals surface area contributed by atoms with Gasteiger partial charge in [0, 0.05) is 18.2 Å². The second kappa shape index (κ2) is 7.49. The zero-order valence-corrected chi connectivity index (χ0v) is 13.5. The summed E-state index contributed by atoms with van der Waals surface area (Å²) in [5.41, 5.74) is -0.0440. The summed E-state index contributed by atoms with van der Waals surface area (Å²) >= 11 is 0. The van der Waals surface area contributed by atoms with Crippen LogP contribution in [0.4, 0.5) is 13.2 Å². The van der Waals surface area contributed by atoms with Crippen molar-refractivity contribution >= 4 is 15.9 Å². The smallest absolute Gasteiger partial charge is 0.343 e. The van der Waals surface area contributed by atoms with Gasteiger partial charge in [-0.05, 0) is 43.7 Å². The Morgan fingerprint density at radius 3 is 2.46 bits per heavy atom. The minimum atomic E-state index is -4.50. The van der Waals surface area contributed by atoms with Crippen LogP contribution in [0.25, 0.3) is 0 Å². The first-order chi connectivity index (χ1) is 11.2. The highest BCUT2D eigenvalue weighted by atomic mass is 32.2. The Balaban J connectivity index is 2.01. The number of carbonyl (C=O) groups excluding carboxylic acids is 1. The van der Waals surface area contributed by atoms with Gasteiger partial charge in [-0.15, -0.1) is 0 Å². The minimum Gasteiger partial charge on any atom is -0.343 e. The molecule has 0 bridgehead atoms. The number of benzene rings is 1. The predicted octanol–water partition coefficient (Wildman–Crippen LogP) is 1.01. The predicted molar refractivity (Wildman–Crippen MR) is 81.0 cm³/mol. The van der Waals surface area contributed by atoms with Crippen molar-refractivity contribution in [2.45, 2.75) is 30.0 Å². The fourth-order valence-electron chi connectivity index (χ4n) is 2.31. The van der Waals surface area contributed by atoms with E-state index in [1.807, 2.05) is 0 Å². The van der Waals surface area contributed by atoms with Gasteiger partial charge in [0.15, 0.2) is 0 Å². The standard InChI is InChI=1S/C14H18F3N3O3S/c15-14(16,17)9-19-13(21)10-3-5-12(6-4-10)24(22,23)20-11-2-1-7-18-8-11/h3-6,11,18,20H,1-2,7-9H2,(H,19,21). The third-order valence-electron chi connectivity index (χ3n) is 3.49. The second-order valence-corrected chi connectivity index (χ2v) is 7.20. The summed E-state index contributed by atoms with van der Waals surface area (Å²) < 4.78 is 63.3. The average Bonchev–Trinajstić information content (AvgIpc) is 2.52. The van der Waals surface area contributed by atoms with Crippen LogP contribution in [-0.4, -0.2) is 46.2 Å².